The van der Waals surface area contributed by atoms with Crippen LogP contribution in [0, 0.1) is 5.92 Å². The van der Waals surface area contributed by atoms with Crippen molar-refractivity contribution in [2.75, 3.05) is 0 Å². The summed E-state index contributed by atoms with van der Waals surface area (Å²) in [4.78, 5) is 25.8. The van der Waals surface area contributed by atoms with Gasteiger partial charge < -0.3 is 20.1 Å². The number of hydrogen-bond acceptors (Lipinski definition) is 6. The van der Waals surface area contributed by atoms with Gasteiger partial charge in [-0.25, -0.2) is 0 Å². The Labute approximate surface area is 160 Å². The molecule has 2 atom stereocenters. The van der Waals surface area contributed by atoms with E-state index in [1.807, 2.05) is 27.7 Å². The summed E-state index contributed by atoms with van der Waals surface area (Å²) in [5.74, 6) is -1.95. The highest BCUT2D eigenvalue weighted by Crippen LogP contribution is 2.46. The summed E-state index contributed by atoms with van der Waals surface area (Å²) in [7, 11) is 0. The first-order chi connectivity index (χ1) is 12.3. The van der Waals surface area contributed by atoms with Gasteiger partial charge in [0.2, 0.25) is 5.78 Å². The van der Waals surface area contributed by atoms with E-state index in [-0.39, 0.29) is 36.5 Å². The first-order valence-electron chi connectivity index (χ1n) is 9.29. The Balaban J connectivity index is 2.67. The lowest BCUT2D eigenvalue weighted by Gasteiger charge is -2.45. The zero-order valence-electron chi connectivity index (χ0n) is 16.9. The van der Waals surface area contributed by atoms with Crippen LogP contribution in [0.25, 0.3) is 0 Å². The quantitative estimate of drug-likeness (QED) is 0.502. The number of hydrogen-bond donors (Lipinski definition) is 3. The molecular weight excluding hydrogens is 348 g/mol. The predicted molar refractivity (Wildman–Crippen MR) is 101 cm³/mol. The average molecular weight is 378 g/mol. The van der Waals surface area contributed by atoms with Crippen molar-refractivity contribution < 1.29 is 29.6 Å². The van der Waals surface area contributed by atoms with Gasteiger partial charge in [0.05, 0.1) is 6.10 Å². The molecule has 1 heterocycles. The van der Waals surface area contributed by atoms with Crippen LogP contribution in [0.15, 0.2) is 34.3 Å². The molecule has 1 aliphatic carbocycles. The van der Waals surface area contributed by atoms with Crippen LogP contribution in [0.2, 0.25) is 0 Å². The van der Waals surface area contributed by atoms with Crippen molar-refractivity contribution in [3.8, 4) is 0 Å². The van der Waals surface area contributed by atoms with Crippen LogP contribution in [0.4, 0.5) is 0 Å². The van der Waals surface area contributed by atoms with E-state index < -0.39 is 40.2 Å². The molecular formula is C21H30O6. The van der Waals surface area contributed by atoms with E-state index in [2.05, 4.69) is 0 Å². The molecule has 0 saturated heterocycles. The summed E-state index contributed by atoms with van der Waals surface area (Å²) in [6, 6.07) is 0. The second kappa shape index (κ2) is 7.24. The molecule has 6 nitrogen and oxygen atoms in total. The first kappa shape index (κ1) is 21.4. The van der Waals surface area contributed by atoms with Crippen LogP contribution in [0.3, 0.4) is 0 Å². The maximum absolute atomic E-state index is 13.1. The molecule has 0 amide bonds. The third-order valence-corrected chi connectivity index (χ3v) is 5.02. The van der Waals surface area contributed by atoms with E-state index in [9.17, 15) is 24.9 Å². The minimum atomic E-state index is -2.09. The highest BCUT2D eigenvalue weighted by molar-refractivity contribution is 6.25. The van der Waals surface area contributed by atoms with E-state index in [1.54, 1.807) is 19.9 Å². The van der Waals surface area contributed by atoms with Crippen molar-refractivity contribution in [3.05, 3.63) is 34.3 Å². The number of aliphatic hydroxyl groups excluding tert-OH is 2. The van der Waals surface area contributed by atoms with Crippen LogP contribution in [0.5, 0.6) is 0 Å². The maximum Gasteiger partial charge on any atom is 0.209 e. The summed E-state index contributed by atoms with van der Waals surface area (Å²) < 4.78 is 5.81. The molecule has 0 radical (unpaired) electrons. The molecule has 0 unspecified atom stereocenters. The predicted octanol–water partition coefficient (Wildman–Crippen LogP) is 2.90. The molecule has 0 aromatic heterocycles. The molecule has 2 aliphatic rings. The Morgan fingerprint density at radius 3 is 2.44 bits per heavy atom. The highest BCUT2D eigenvalue weighted by Gasteiger charge is 2.55. The fourth-order valence-electron chi connectivity index (χ4n) is 3.30. The lowest BCUT2D eigenvalue weighted by Crippen LogP contribution is -2.54. The van der Waals surface area contributed by atoms with Crippen LogP contribution >= 0.6 is 0 Å². The minimum absolute atomic E-state index is 0.0148. The zero-order valence-corrected chi connectivity index (χ0v) is 16.9. The molecule has 150 valence electrons. The summed E-state index contributed by atoms with van der Waals surface area (Å²) in [5, 5.41) is 32.4. The maximum atomic E-state index is 13.1. The Bertz CT molecular complexity index is 749. The molecule has 0 saturated carbocycles. The third-order valence-electron chi connectivity index (χ3n) is 5.02. The van der Waals surface area contributed by atoms with Gasteiger partial charge in [0, 0.05) is 24.8 Å². The smallest absolute Gasteiger partial charge is 0.209 e. The normalized spacial score (nSPS) is 27.4. The van der Waals surface area contributed by atoms with Crippen LogP contribution < -0.4 is 0 Å². The molecule has 0 fully saturated rings. The fraction of sp³-hybridized carbons (Fsp3) is 0.619. The number of carbonyl (C=O) groups is 2. The van der Waals surface area contributed by atoms with E-state index in [0.29, 0.717) is 0 Å². The van der Waals surface area contributed by atoms with E-state index in [4.69, 9.17) is 4.74 Å². The van der Waals surface area contributed by atoms with Gasteiger partial charge in [0.15, 0.2) is 11.4 Å². The lowest BCUT2D eigenvalue weighted by molar-refractivity contribution is -0.149. The van der Waals surface area contributed by atoms with Crippen molar-refractivity contribution >= 4 is 11.6 Å². The Morgan fingerprint density at radius 1 is 1.33 bits per heavy atom. The van der Waals surface area contributed by atoms with Gasteiger partial charge in [-0.1, -0.05) is 25.5 Å². The van der Waals surface area contributed by atoms with Crippen molar-refractivity contribution in [1.29, 1.82) is 0 Å². The van der Waals surface area contributed by atoms with Crippen molar-refractivity contribution in [2.24, 2.45) is 5.92 Å². The summed E-state index contributed by atoms with van der Waals surface area (Å²) in [6.07, 6.45) is 0.709. The molecule has 0 aromatic rings. The molecule has 0 spiro atoms. The van der Waals surface area contributed by atoms with Gasteiger partial charge in [0.1, 0.15) is 22.7 Å². The Hall–Kier alpha value is -1.92. The van der Waals surface area contributed by atoms with Crippen LogP contribution in [-0.2, 0) is 14.3 Å². The third kappa shape index (κ3) is 3.87. The van der Waals surface area contributed by atoms with Gasteiger partial charge in [-0.2, -0.15) is 0 Å². The topological polar surface area (TPSA) is 104 Å². The minimum Gasteiger partial charge on any atom is -0.507 e. The first-order valence-corrected chi connectivity index (χ1v) is 9.29. The molecule has 0 bridgehead atoms. The zero-order chi connectivity index (χ0) is 20.7. The Kier molecular flexibility index (Phi) is 5.74. The highest BCUT2D eigenvalue weighted by atomic mass is 16.5. The molecule has 27 heavy (non-hydrogen) atoms. The van der Waals surface area contributed by atoms with Gasteiger partial charge in [0.25, 0.3) is 0 Å². The average Bonchev–Trinajstić information content (AvgIpc) is 2.52. The van der Waals surface area contributed by atoms with Crippen LogP contribution in [-0.4, -0.2) is 44.2 Å². The number of ether oxygens (including phenoxy) is 1. The fourth-order valence-corrected chi connectivity index (χ4v) is 3.30. The van der Waals surface area contributed by atoms with E-state index in [1.165, 1.54) is 0 Å². The van der Waals surface area contributed by atoms with Crippen molar-refractivity contribution in [1.82, 2.24) is 0 Å². The molecule has 2 rings (SSSR count). The largest absolute Gasteiger partial charge is 0.507 e. The van der Waals surface area contributed by atoms with E-state index >= 15 is 0 Å². The van der Waals surface area contributed by atoms with Crippen LogP contribution in [0.1, 0.15) is 60.8 Å². The van der Waals surface area contributed by atoms with Gasteiger partial charge >= 0.3 is 0 Å². The lowest BCUT2D eigenvalue weighted by atomic mass is 9.74. The summed E-state index contributed by atoms with van der Waals surface area (Å²) in [6.45, 7) is 10.6. The number of allylic oxidation sites excluding steroid dienone is 2. The second-order valence-corrected chi connectivity index (χ2v) is 8.65. The SMILES string of the molecule is CC(C)=CC[C@@]1(O)C(=O)C(C(=O)CC(C)C)=C(O)C2=C1OC(C)(C)[C@@H](O)C2. The van der Waals surface area contributed by atoms with Crippen molar-refractivity contribution in [2.45, 2.75) is 78.1 Å². The van der Waals surface area contributed by atoms with Gasteiger partial charge in [-0.3, -0.25) is 9.59 Å². The van der Waals surface area contributed by atoms with Gasteiger partial charge in [-0.05, 0) is 33.6 Å². The number of carbonyl (C=O) groups excluding carboxylic acids is 2. The number of Topliss-reactive ketones (excluding diaryl/α,β-unsaturated/α-hetero) is 2. The molecule has 0 aromatic carbocycles. The number of rotatable bonds is 5. The van der Waals surface area contributed by atoms with E-state index in [0.717, 1.165) is 5.57 Å². The number of aliphatic hydroxyl groups is 3. The molecule has 1 aliphatic heterocycles. The Morgan fingerprint density at radius 2 is 1.93 bits per heavy atom. The van der Waals surface area contributed by atoms with Gasteiger partial charge in [-0.15, -0.1) is 0 Å². The summed E-state index contributed by atoms with van der Waals surface area (Å²) >= 11 is 0. The number of ketones is 2. The van der Waals surface area contributed by atoms with Crippen molar-refractivity contribution in [3.63, 3.8) is 0 Å². The summed E-state index contributed by atoms with van der Waals surface area (Å²) in [5.41, 5.74) is -2.51. The second-order valence-electron chi connectivity index (χ2n) is 8.65. The monoisotopic (exact) mass is 378 g/mol. The molecule has 3 N–H and O–H groups in total. The standard InChI is InChI=1S/C21H30O6/c1-11(2)7-8-21(26)18(25)16(14(22)9-12(3)4)17(24)13-10-15(23)20(5,6)27-19(13)21/h7,12,15,23-24,26H,8-10H2,1-6H3/t15-,21+/m0/s1. The molecule has 6 heteroatoms.